The highest BCUT2D eigenvalue weighted by Gasteiger charge is 2.29. The summed E-state index contributed by atoms with van der Waals surface area (Å²) in [4.78, 5) is 9.40. The average Bonchev–Trinajstić information content (AvgIpc) is 3.42. The smallest absolute Gasteiger partial charge is 0.0699 e. The van der Waals surface area contributed by atoms with Crippen LogP contribution in [-0.4, -0.2) is 14.1 Å². The van der Waals surface area contributed by atoms with Crippen molar-refractivity contribution < 1.29 is 0 Å². The summed E-state index contributed by atoms with van der Waals surface area (Å²) in [5.41, 5.74) is 18.5. The summed E-state index contributed by atoms with van der Waals surface area (Å²) in [6.07, 6.45) is 2.28. The van der Waals surface area contributed by atoms with Crippen molar-refractivity contribution in [2.75, 3.05) is 33.7 Å². The molecule has 2 aliphatic heterocycles. The minimum Gasteiger partial charge on any atom is -0.341 e. The lowest BCUT2D eigenvalue weighted by Crippen LogP contribution is -2.23. The molecular weight excluding hydrogens is 849 g/mol. The van der Waals surface area contributed by atoms with Crippen LogP contribution in [0.4, 0.5) is 56.9 Å². The molecule has 0 radical (unpaired) electrons. The van der Waals surface area contributed by atoms with E-state index < -0.39 is 0 Å². The van der Waals surface area contributed by atoms with Gasteiger partial charge in [0.1, 0.15) is 0 Å². The lowest BCUT2D eigenvalue weighted by Gasteiger charge is -2.38. The Morgan fingerprint density at radius 1 is 0.371 bits per heavy atom. The maximum Gasteiger partial charge on any atom is 0.0699 e. The van der Waals surface area contributed by atoms with E-state index >= 15 is 0 Å². The van der Waals surface area contributed by atoms with Crippen LogP contribution in [0, 0.1) is 0 Å². The van der Waals surface area contributed by atoms with Crippen molar-refractivity contribution in [3.05, 3.63) is 272 Å². The molecule has 0 unspecified atom stereocenters. The Bertz CT molecular complexity index is 3650. The molecule has 0 bridgehead atoms. The lowest BCUT2D eigenvalue weighted by atomic mass is 9.88. The van der Waals surface area contributed by atoms with Gasteiger partial charge in [0.25, 0.3) is 0 Å². The molecular formula is C66H50N4. The number of rotatable bonds is 7. The number of allylic oxidation sites excluding steroid dienone is 2. The maximum absolute atomic E-state index is 5.08. The van der Waals surface area contributed by atoms with Crippen molar-refractivity contribution in [3.63, 3.8) is 0 Å². The molecule has 0 aromatic heterocycles. The standard InChI is InChI=1S/C66H50N4/c1-46(57(49-24-8-5-9-25-49)43-47-21-6-4-7-22-47)54-41-39-52(69-63-33-16-12-29-59(63)67(2)60-30-13-17-34-64(60)69)27-20-28-55(51-38-37-48-23-10-11-26-50(48)44-51)58-45-53(40-42-56(54)58)70-65-35-18-14-31-61(65)68(3)62-32-15-19-36-66(62)70/h4-45H,1H2,2-3H3/b27-20?,28-20?,41-39?,52-27?,52-39?,54-41?,55-28?,56-54?,57-43+,58-55?. The summed E-state index contributed by atoms with van der Waals surface area (Å²) >= 11 is 0. The van der Waals surface area contributed by atoms with E-state index in [0.717, 1.165) is 107 Å². The molecule has 0 atom stereocenters. The largest absolute Gasteiger partial charge is 0.341 e. The Morgan fingerprint density at radius 2 is 0.857 bits per heavy atom. The first-order valence-corrected chi connectivity index (χ1v) is 23.9. The molecule has 0 saturated heterocycles. The van der Waals surface area contributed by atoms with Gasteiger partial charge in [-0.3, -0.25) is 0 Å². The summed E-state index contributed by atoms with van der Waals surface area (Å²) in [5.74, 6) is 0. The topological polar surface area (TPSA) is 13.0 Å². The number of fused-ring (bicyclic) bond motifs is 6. The SMILES string of the molecule is C=C(/C(=C\c1ccccc1)c1ccccc1)c1ccc(N2c3ccccc3N(C)c3ccccc32)cccc(-c2ccc3ccccc3c2)c2cc(N3c4ccccc4N(C)c4ccccc43)ccc12. The van der Waals surface area contributed by atoms with E-state index in [-0.39, 0.29) is 0 Å². The van der Waals surface area contributed by atoms with Gasteiger partial charge in [-0.1, -0.05) is 176 Å². The number of benzene rings is 9. The van der Waals surface area contributed by atoms with Gasteiger partial charge < -0.3 is 19.6 Å². The predicted octanol–water partition coefficient (Wildman–Crippen LogP) is 18.1. The number of anilines is 10. The molecule has 12 rings (SSSR count). The minimum atomic E-state index is 0.913. The number of para-hydroxylation sites is 8. The van der Waals surface area contributed by atoms with Crippen molar-refractivity contribution in [1.82, 2.24) is 0 Å². The number of hydrogen-bond donors (Lipinski definition) is 0. The zero-order chi connectivity index (χ0) is 47.1. The van der Waals surface area contributed by atoms with Gasteiger partial charge in [0.15, 0.2) is 0 Å². The molecule has 334 valence electrons. The second-order valence-electron chi connectivity index (χ2n) is 18.0. The van der Waals surface area contributed by atoms with Crippen molar-refractivity contribution in [3.8, 4) is 11.1 Å². The molecule has 10 aromatic carbocycles. The third-order valence-corrected chi connectivity index (χ3v) is 13.9. The molecule has 2 heterocycles. The molecule has 0 aliphatic carbocycles. The fourth-order valence-corrected chi connectivity index (χ4v) is 10.4. The predicted molar refractivity (Wildman–Crippen MR) is 300 cm³/mol. The molecule has 4 nitrogen and oxygen atoms in total. The molecule has 0 fully saturated rings. The third-order valence-electron chi connectivity index (χ3n) is 13.9. The van der Waals surface area contributed by atoms with Crippen LogP contribution < -0.4 is 19.6 Å². The van der Waals surface area contributed by atoms with E-state index in [2.05, 4.69) is 288 Å². The monoisotopic (exact) mass is 898 g/mol. The summed E-state index contributed by atoms with van der Waals surface area (Å²) in [7, 11) is 4.31. The van der Waals surface area contributed by atoms with Crippen LogP contribution in [0.15, 0.2) is 255 Å². The molecule has 0 saturated carbocycles. The van der Waals surface area contributed by atoms with E-state index in [1.165, 1.54) is 10.8 Å². The quantitative estimate of drug-likeness (QED) is 0.117. The molecule has 10 aromatic rings. The fourth-order valence-electron chi connectivity index (χ4n) is 10.4. The van der Waals surface area contributed by atoms with Gasteiger partial charge in [-0.2, -0.15) is 0 Å². The van der Waals surface area contributed by atoms with E-state index in [9.17, 15) is 0 Å². The maximum atomic E-state index is 5.08. The summed E-state index contributed by atoms with van der Waals surface area (Å²) in [6, 6.07) is 89.9. The van der Waals surface area contributed by atoms with Crippen LogP contribution in [0.3, 0.4) is 0 Å². The highest BCUT2D eigenvalue weighted by Crippen LogP contribution is 2.53. The van der Waals surface area contributed by atoms with Crippen LogP contribution in [-0.2, 0) is 0 Å². The molecule has 0 amide bonds. The van der Waals surface area contributed by atoms with Crippen LogP contribution in [0.2, 0.25) is 0 Å². The number of nitrogens with zero attached hydrogens (tertiary/aromatic N) is 4. The van der Waals surface area contributed by atoms with E-state index in [4.69, 9.17) is 6.58 Å². The Kier molecular flexibility index (Phi) is 10.8. The van der Waals surface area contributed by atoms with E-state index in [1.54, 1.807) is 0 Å². The van der Waals surface area contributed by atoms with Crippen LogP contribution in [0.5, 0.6) is 0 Å². The normalized spacial score (nSPS) is 12.7. The van der Waals surface area contributed by atoms with Gasteiger partial charge >= 0.3 is 0 Å². The molecule has 0 N–H and O–H groups in total. The lowest BCUT2D eigenvalue weighted by molar-refractivity contribution is 1.13. The molecule has 2 aliphatic rings. The first-order chi connectivity index (χ1) is 34.5. The highest BCUT2D eigenvalue weighted by atomic mass is 15.3. The van der Waals surface area contributed by atoms with Crippen LogP contribution >= 0.6 is 0 Å². The second kappa shape index (κ2) is 17.8. The third kappa shape index (κ3) is 7.44. The zero-order valence-electron chi connectivity index (χ0n) is 39.2. The Labute approximate surface area is 410 Å². The average molecular weight is 899 g/mol. The number of hydrogen-bond acceptors (Lipinski definition) is 4. The first kappa shape index (κ1) is 42.2. The highest BCUT2D eigenvalue weighted by molar-refractivity contribution is 6.16. The van der Waals surface area contributed by atoms with Crippen LogP contribution in [0.1, 0.15) is 16.7 Å². The molecule has 0 spiro atoms. The first-order valence-electron chi connectivity index (χ1n) is 23.9. The zero-order valence-corrected chi connectivity index (χ0v) is 39.2. The van der Waals surface area contributed by atoms with Gasteiger partial charge in [0.2, 0.25) is 0 Å². The second-order valence-corrected chi connectivity index (χ2v) is 18.0. The summed E-state index contributed by atoms with van der Waals surface area (Å²) < 4.78 is 0. The van der Waals surface area contributed by atoms with Crippen molar-refractivity contribution in [2.24, 2.45) is 0 Å². The molecule has 70 heavy (non-hydrogen) atoms. The van der Waals surface area contributed by atoms with Crippen molar-refractivity contribution >= 4 is 95.6 Å². The summed E-state index contributed by atoms with van der Waals surface area (Å²) in [5, 5.41) is 4.55. The summed E-state index contributed by atoms with van der Waals surface area (Å²) in [6.45, 7) is 5.08. The minimum absolute atomic E-state index is 0.913. The van der Waals surface area contributed by atoms with Gasteiger partial charge in [-0.05, 0) is 145 Å². The van der Waals surface area contributed by atoms with E-state index in [0.29, 0.717) is 0 Å². The Balaban J connectivity index is 1.19. The Hall–Kier alpha value is -9.12. The van der Waals surface area contributed by atoms with Crippen LogP contribution in [0.25, 0.3) is 49.9 Å². The molecule has 4 heteroatoms. The van der Waals surface area contributed by atoms with Gasteiger partial charge in [0.05, 0.1) is 45.5 Å². The van der Waals surface area contributed by atoms with E-state index in [1.807, 2.05) is 0 Å². The van der Waals surface area contributed by atoms with Gasteiger partial charge in [0, 0.05) is 25.5 Å². The van der Waals surface area contributed by atoms with Crippen molar-refractivity contribution in [2.45, 2.75) is 0 Å². The Morgan fingerprint density at radius 3 is 1.44 bits per heavy atom. The van der Waals surface area contributed by atoms with Gasteiger partial charge in [-0.15, -0.1) is 0 Å². The fraction of sp³-hybridized carbons (Fsp3) is 0.0303. The van der Waals surface area contributed by atoms with Crippen molar-refractivity contribution in [1.29, 1.82) is 0 Å². The van der Waals surface area contributed by atoms with Gasteiger partial charge in [-0.25, -0.2) is 0 Å².